The molecular weight excluding hydrogens is 253 g/mol. The second-order valence-electron chi connectivity index (χ2n) is 4.83. The highest BCUT2D eigenvalue weighted by Crippen LogP contribution is 2.24. The fourth-order valence-corrected chi connectivity index (χ4v) is 2.37. The number of nitrogens with one attached hydrogen (secondary N) is 1. The fraction of sp³-hybridized carbons (Fsp3) is 0.294. The van der Waals surface area contributed by atoms with Gasteiger partial charge >= 0.3 is 0 Å². The van der Waals surface area contributed by atoms with Gasteiger partial charge in [0, 0.05) is 18.5 Å². The second kappa shape index (κ2) is 7.06. The smallest absolute Gasteiger partial charge is 0.130 e. The monoisotopic (exact) mass is 273 g/mol. The number of halogens is 1. The summed E-state index contributed by atoms with van der Waals surface area (Å²) in [6.07, 6.45) is 0.667. The van der Waals surface area contributed by atoms with Crippen molar-refractivity contribution in [1.82, 2.24) is 5.32 Å². The largest absolute Gasteiger partial charge is 0.497 e. The van der Waals surface area contributed by atoms with E-state index in [1.165, 1.54) is 11.6 Å². The van der Waals surface area contributed by atoms with Crippen LogP contribution in [0, 0.1) is 5.82 Å². The molecule has 0 amide bonds. The molecule has 0 aromatic heterocycles. The molecule has 0 saturated carbocycles. The maximum atomic E-state index is 14.1. The molecule has 0 radical (unpaired) electrons. The molecule has 0 aliphatic carbocycles. The van der Waals surface area contributed by atoms with Gasteiger partial charge in [0.2, 0.25) is 0 Å². The maximum Gasteiger partial charge on any atom is 0.130 e. The van der Waals surface area contributed by atoms with Gasteiger partial charge in [-0.05, 0) is 30.7 Å². The van der Waals surface area contributed by atoms with Crippen molar-refractivity contribution in [2.45, 2.75) is 12.3 Å². The minimum atomic E-state index is -0.207. The van der Waals surface area contributed by atoms with Crippen LogP contribution in [0.15, 0.2) is 48.5 Å². The van der Waals surface area contributed by atoms with Gasteiger partial charge in [-0.1, -0.05) is 36.4 Å². The lowest BCUT2D eigenvalue weighted by Gasteiger charge is -2.18. The summed E-state index contributed by atoms with van der Waals surface area (Å²) in [5, 5.41) is 3.18. The van der Waals surface area contributed by atoms with Crippen LogP contribution in [0.1, 0.15) is 17.0 Å². The van der Waals surface area contributed by atoms with Gasteiger partial charge in [0.1, 0.15) is 11.6 Å². The SMILES string of the molecule is CNCC(Cc1ccc(OC)cc1F)c1ccccc1. The molecule has 2 aromatic carbocycles. The molecule has 0 saturated heterocycles. The van der Waals surface area contributed by atoms with E-state index in [4.69, 9.17) is 4.74 Å². The quantitative estimate of drug-likeness (QED) is 0.871. The standard InChI is InChI=1S/C17H20FNO/c1-19-12-15(13-6-4-3-5-7-13)10-14-8-9-16(20-2)11-17(14)18/h3-9,11,15,19H,10,12H2,1-2H3. The van der Waals surface area contributed by atoms with Crippen LogP contribution < -0.4 is 10.1 Å². The molecule has 0 aliphatic heterocycles. The van der Waals surface area contributed by atoms with Crippen LogP contribution in [0.2, 0.25) is 0 Å². The van der Waals surface area contributed by atoms with E-state index in [-0.39, 0.29) is 11.7 Å². The van der Waals surface area contributed by atoms with Crippen LogP contribution in [0.4, 0.5) is 4.39 Å². The molecular formula is C17H20FNO. The zero-order chi connectivity index (χ0) is 14.4. The van der Waals surface area contributed by atoms with Gasteiger partial charge in [-0.15, -0.1) is 0 Å². The van der Waals surface area contributed by atoms with Crippen LogP contribution in [0.5, 0.6) is 5.75 Å². The Morgan fingerprint density at radius 1 is 1.15 bits per heavy atom. The zero-order valence-electron chi connectivity index (χ0n) is 11.9. The molecule has 1 unspecified atom stereocenters. The van der Waals surface area contributed by atoms with Gasteiger partial charge in [-0.2, -0.15) is 0 Å². The summed E-state index contributed by atoms with van der Waals surface area (Å²) in [5.41, 5.74) is 1.94. The van der Waals surface area contributed by atoms with Gasteiger partial charge in [0.05, 0.1) is 7.11 Å². The first kappa shape index (κ1) is 14.5. The number of hydrogen-bond acceptors (Lipinski definition) is 2. The third kappa shape index (κ3) is 3.58. The minimum absolute atomic E-state index is 0.207. The van der Waals surface area contributed by atoms with Gasteiger partial charge in [0.25, 0.3) is 0 Å². The molecule has 3 heteroatoms. The number of benzene rings is 2. The number of methoxy groups -OCH3 is 1. The van der Waals surface area contributed by atoms with Crippen LogP contribution in [0.3, 0.4) is 0 Å². The van der Waals surface area contributed by atoms with E-state index in [9.17, 15) is 4.39 Å². The average Bonchev–Trinajstić information content (AvgIpc) is 2.49. The van der Waals surface area contributed by atoms with E-state index in [0.717, 1.165) is 12.1 Å². The summed E-state index contributed by atoms with van der Waals surface area (Å²) >= 11 is 0. The summed E-state index contributed by atoms with van der Waals surface area (Å²) in [6, 6.07) is 15.3. The highest BCUT2D eigenvalue weighted by molar-refractivity contribution is 5.31. The van der Waals surface area contributed by atoms with Crippen molar-refractivity contribution in [1.29, 1.82) is 0 Å². The first-order chi connectivity index (χ1) is 9.74. The summed E-state index contributed by atoms with van der Waals surface area (Å²) < 4.78 is 19.1. The minimum Gasteiger partial charge on any atom is -0.497 e. The lowest BCUT2D eigenvalue weighted by atomic mass is 9.91. The first-order valence-electron chi connectivity index (χ1n) is 6.76. The van der Waals surface area contributed by atoms with Crippen molar-refractivity contribution in [2.75, 3.05) is 20.7 Å². The van der Waals surface area contributed by atoms with Gasteiger partial charge in [0.15, 0.2) is 0 Å². The predicted molar refractivity (Wildman–Crippen MR) is 79.8 cm³/mol. The lowest BCUT2D eigenvalue weighted by molar-refractivity contribution is 0.410. The molecule has 106 valence electrons. The molecule has 0 fully saturated rings. The van der Waals surface area contributed by atoms with Crippen LogP contribution in [-0.4, -0.2) is 20.7 Å². The Hall–Kier alpha value is -1.87. The Labute approximate surface area is 119 Å². The molecule has 0 heterocycles. The highest BCUT2D eigenvalue weighted by Gasteiger charge is 2.14. The van der Waals surface area contributed by atoms with Gasteiger partial charge in [-0.25, -0.2) is 4.39 Å². The van der Waals surface area contributed by atoms with Crippen molar-refractivity contribution in [3.05, 3.63) is 65.5 Å². The van der Waals surface area contributed by atoms with Crippen molar-refractivity contribution in [3.8, 4) is 5.75 Å². The van der Waals surface area contributed by atoms with E-state index in [0.29, 0.717) is 12.2 Å². The summed E-state index contributed by atoms with van der Waals surface area (Å²) in [7, 11) is 3.46. The number of rotatable bonds is 6. The van der Waals surface area contributed by atoms with E-state index in [1.807, 2.05) is 25.2 Å². The van der Waals surface area contributed by atoms with E-state index in [2.05, 4.69) is 17.4 Å². The molecule has 2 nitrogen and oxygen atoms in total. The van der Waals surface area contributed by atoms with E-state index >= 15 is 0 Å². The topological polar surface area (TPSA) is 21.3 Å². The molecule has 1 N–H and O–H groups in total. The molecule has 0 aliphatic rings. The van der Waals surface area contributed by atoms with Crippen LogP contribution >= 0.6 is 0 Å². The Morgan fingerprint density at radius 2 is 1.90 bits per heavy atom. The Bertz CT molecular complexity index is 542. The van der Waals surface area contributed by atoms with Gasteiger partial charge < -0.3 is 10.1 Å². The van der Waals surface area contributed by atoms with Crippen molar-refractivity contribution >= 4 is 0 Å². The third-order valence-electron chi connectivity index (χ3n) is 3.45. The van der Waals surface area contributed by atoms with Crippen molar-refractivity contribution in [3.63, 3.8) is 0 Å². The molecule has 2 rings (SSSR count). The molecule has 0 spiro atoms. The first-order valence-corrected chi connectivity index (χ1v) is 6.76. The molecule has 0 bridgehead atoms. The van der Waals surface area contributed by atoms with E-state index < -0.39 is 0 Å². The highest BCUT2D eigenvalue weighted by atomic mass is 19.1. The van der Waals surface area contributed by atoms with E-state index in [1.54, 1.807) is 19.2 Å². The molecule has 1 atom stereocenters. The zero-order valence-corrected chi connectivity index (χ0v) is 11.9. The number of hydrogen-bond donors (Lipinski definition) is 1. The lowest BCUT2D eigenvalue weighted by Crippen LogP contribution is -2.19. The van der Waals surface area contributed by atoms with Crippen molar-refractivity contribution in [2.24, 2.45) is 0 Å². The maximum absolute atomic E-state index is 14.1. The number of likely N-dealkylation sites (N-methyl/N-ethyl adjacent to an activating group) is 1. The Morgan fingerprint density at radius 3 is 2.50 bits per heavy atom. The Balaban J connectivity index is 2.20. The predicted octanol–water partition coefficient (Wildman–Crippen LogP) is 3.38. The van der Waals surface area contributed by atoms with Crippen LogP contribution in [0.25, 0.3) is 0 Å². The molecule has 20 heavy (non-hydrogen) atoms. The second-order valence-corrected chi connectivity index (χ2v) is 4.83. The normalized spacial score (nSPS) is 12.2. The Kier molecular flexibility index (Phi) is 5.13. The molecule has 2 aromatic rings. The third-order valence-corrected chi connectivity index (χ3v) is 3.45. The van der Waals surface area contributed by atoms with Crippen molar-refractivity contribution < 1.29 is 9.13 Å². The van der Waals surface area contributed by atoms with Crippen LogP contribution in [-0.2, 0) is 6.42 Å². The fourth-order valence-electron chi connectivity index (χ4n) is 2.37. The summed E-state index contributed by atoms with van der Waals surface area (Å²) in [6.45, 7) is 0.815. The number of ether oxygens (including phenoxy) is 1. The summed E-state index contributed by atoms with van der Waals surface area (Å²) in [5.74, 6) is 0.599. The average molecular weight is 273 g/mol. The van der Waals surface area contributed by atoms with Gasteiger partial charge in [-0.3, -0.25) is 0 Å². The summed E-state index contributed by atoms with van der Waals surface area (Å²) in [4.78, 5) is 0.